The van der Waals surface area contributed by atoms with E-state index in [1.807, 2.05) is 60.7 Å². The molecule has 0 bridgehead atoms. The van der Waals surface area contributed by atoms with E-state index in [0.717, 1.165) is 38.5 Å². The Hall–Kier alpha value is -3.59. The van der Waals surface area contributed by atoms with Gasteiger partial charge in [0.25, 0.3) is 0 Å². The van der Waals surface area contributed by atoms with Gasteiger partial charge in [-0.15, -0.1) is 0 Å². The van der Waals surface area contributed by atoms with Crippen LogP contribution in [0, 0.1) is 46.3 Å². The molecule has 2 aromatic rings. The minimum absolute atomic E-state index is 0.0102. The Morgan fingerprint density at radius 1 is 0.854 bits per heavy atom. The minimum Gasteiger partial charge on any atom is -0.469 e. The quantitative estimate of drug-likeness (QED) is 0.193. The van der Waals surface area contributed by atoms with Gasteiger partial charge in [-0.2, -0.15) is 0 Å². The van der Waals surface area contributed by atoms with Gasteiger partial charge in [-0.25, -0.2) is 9.59 Å². The van der Waals surface area contributed by atoms with Crippen LogP contribution in [0.15, 0.2) is 60.7 Å². The molecule has 4 fully saturated rings. The lowest BCUT2D eigenvalue weighted by atomic mass is 9.43. The van der Waals surface area contributed by atoms with Crippen LogP contribution in [-0.2, 0) is 19.0 Å². The van der Waals surface area contributed by atoms with Crippen LogP contribution in [0.25, 0.3) is 0 Å². The highest BCUT2D eigenvalue weighted by atomic mass is 16.6. The van der Waals surface area contributed by atoms with Gasteiger partial charge in [-0.3, -0.25) is 15.4 Å². The molecular weight excluding hydrogens is 606 g/mol. The third-order valence-corrected chi connectivity index (χ3v) is 13.1. The number of ether oxygens (including phenoxy) is 3. The summed E-state index contributed by atoms with van der Waals surface area (Å²) in [7, 11) is 1.43. The van der Waals surface area contributed by atoms with Crippen LogP contribution in [0.1, 0.15) is 78.6 Å². The highest BCUT2D eigenvalue weighted by molar-refractivity contribution is 5.85. The molecular formula is C39H53N3O6. The molecule has 9 nitrogen and oxygen atoms in total. The number of para-hydroxylation sites is 2. The van der Waals surface area contributed by atoms with Crippen molar-refractivity contribution in [3.8, 4) is 0 Å². The molecule has 4 aliphatic rings. The van der Waals surface area contributed by atoms with E-state index in [0.29, 0.717) is 36.6 Å². The summed E-state index contributed by atoms with van der Waals surface area (Å²) in [6.45, 7) is 6.93. The molecule has 0 radical (unpaired) electrons. The molecule has 9 heteroatoms. The number of rotatable bonds is 8. The van der Waals surface area contributed by atoms with Gasteiger partial charge < -0.3 is 19.9 Å². The molecule has 6 rings (SSSR count). The molecule has 0 aromatic heterocycles. The van der Waals surface area contributed by atoms with Crippen molar-refractivity contribution in [2.45, 2.75) is 96.8 Å². The first-order valence-corrected chi connectivity index (χ1v) is 17.9. The van der Waals surface area contributed by atoms with Crippen molar-refractivity contribution in [2.75, 3.05) is 17.7 Å². The number of nitrogens with two attached hydrogens (primary N) is 1. The summed E-state index contributed by atoms with van der Waals surface area (Å²) >= 11 is 0. The number of carbonyl (C=O) groups is 3. The molecule has 4 aliphatic carbocycles. The Bertz CT molecular complexity index is 1440. The fourth-order valence-corrected chi connectivity index (χ4v) is 10.7. The van der Waals surface area contributed by atoms with Crippen LogP contribution in [-0.4, -0.2) is 43.5 Å². The van der Waals surface area contributed by atoms with E-state index in [2.05, 4.69) is 31.4 Å². The zero-order valence-electron chi connectivity index (χ0n) is 28.9. The van der Waals surface area contributed by atoms with Gasteiger partial charge in [0.05, 0.1) is 7.11 Å². The highest BCUT2D eigenvalue weighted by Crippen LogP contribution is 2.69. The predicted molar refractivity (Wildman–Crippen MR) is 185 cm³/mol. The van der Waals surface area contributed by atoms with E-state index >= 15 is 0 Å². The molecule has 11 atom stereocenters. The number of methoxy groups -OCH3 is 1. The molecule has 0 unspecified atom stereocenters. The summed E-state index contributed by atoms with van der Waals surface area (Å²) in [5.74, 6) is 0.985. The summed E-state index contributed by atoms with van der Waals surface area (Å²) in [5.41, 5.74) is 7.57. The van der Waals surface area contributed by atoms with E-state index in [-0.39, 0.29) is 64.6 Å². The van der Waals surface area contributed by atoms with Crippen LogP contribution >= 0.6 is 0 Å². The zero-order valence-corrected chi connectivity index (χ0v) is 28.9. The van der Waals surface area contributed by atoms with Crippen molar-refractivity contribution in [2.24, 2.45) is 52.1 Å². The van der Waals surface area contributed by atoms with Gasteiger partial charge in [-0.1, -0.05) is 57.2 Å². The molecule has 48 heavy (non-hydrogen) atoms. The second kappa shape index (κ2) is 14.1. The highest BCUT2D eigenvalue weighted by Gasteiger charge is 2.67. The van der Waals surface area contributed by atoms with Gasteiger partial charge in [-0.05, 0) is 111 Å². The second-order valence-electron chi connectivity index (χ2n) is 15.5. The maximum atomic E-state index is 13.6. The predicted octanol–water partition coefficient (Wildman–Crippen LogP) is 8.02. The van der Waals surface area contributed by atoms with Crippen LogP contribution in [0.3, 0.4) is 0 Å². The maximum Gasteiger partial charge on any atom is 0.411 e. The van der Waals surface area contributed by atoms with Crippen molar-refractivity contribution < 1.29 is 28.6 Å². The van der Waals surface area contributed by atoms with E-state index in [1.54, 1.807) is 0 Å². The topological polar surface area (TPSA) is 129 Å². The molecule has 260 valence electrons. The summed E-state index contributed by atoms with van der Waals surface area (Å²) in [4.78, 5) is 39.3. The summed E-state index contributed by atoms with van der Waals surface area (Å²) < 4.78 is 18.0. The lowest BCUT2D eigenvalue weighted by molar-refractivity contribution is -0.200. The third-order valence-electron chi connectivity index (χ3n) is 13.1. The number of esters is 1. The largest absolute Gasteiger partial charge is 0.469 e. The monoisotopic (exact) mass is 659 g/mol. The number of nitrogens with one attached hydrogen (secondary N) is 2. The Labute approximate surface area is 285 Å². The second-order valence-corrected chi connectivity index (χ2v) is 15.5. The van der Waals surface area contributed by atoms with Crippen molar-refractivity contribution >= 4 is 29.5 Å². The number of amides is 2. The average molecular weight is 660 g/mol. The Kier molecular flexibility index (Phi) is 10.1. The lowest BCUT2D eigenvalue weighted by Crippen LogP contribution is -2.64. The molecule has 0 spiro atoms. The van der Waals surface area contributed by atoms with Gasteiger partial charge in [0.15, 0.2) is 0 Å². The fourth-order valence-electron chi connectivity index (χ4n) is 10.7. The van der Waals surface area contributed by atoms with Crippen molar-refractivity contribution in [1.82, 2.24) is 0 Å². The standard InChI is InChI=1S/C39H53N3O6/c1-24(15-18-34(43)46-4)29-16-17-30-35-31(23-33(39(29,30)3)48-37(45)42-28-13-9-6-10-14-28)38(2)20-19-26(40)21-25(38)22-32(35)47-36(44)41-27-11-7-5-8-12-27/h5-14,24-26,29-33,35H,15-23,40H2,1-4H3,(H,41,44)(H,42,45)/t24-,25+,26-,29-,30+,31+,32-,33+,35+,38+,39-/m1/s1. The number of benzene rings is 2. The number of anilines is 2. The van der Waals surface area contributed by atoms with Crippen molar-refractivity contribution in [3.05, 3.63) is 60.7 Å². The third kappa shape index (κ3) is 6.67. The van der Waals surface area contributed by atoms with Gasteiger partial charge in [0, 0.05) is 35.2 Å². The van der Waals surface area contributed by atoms with E-state index < -0.39 is 12.2 Å². The van der Waals surface area contributed by atoms with Crippen molar-refractivity contribution in [1.29, 1.82) is 0 Å². The maximum absolute atomic E-state index is 13.6. The first-order chi connectivity index (χ1) is 23.0. The van der Waals surface area contributed by atoms with Gasteiger partial charge >= 0.3 is 18.2 Å². The van der Waals surface area contributed by atoms with Crippen LogP contribution in [0.2, 0.25) is 0 Å². The first kappa shape index (κ1) is 34.3. The molecule has 2 amide bonds. The molecule has 4 N–H and O–H groups in total. The number of hydrogen-bond donors (Lipinski definition) is 3. The fraction of sp³-hybridized carbons (Fsp3) is 0.615. The molecule has 0 saturated heterocycles. The number of fused-ring (bicyclic) bond motifs is 5. The molecule has 0 heterocycles. The molecule has 2 aromatic carbocycles. The SMILES string of the molecule is COC(=O)CC[C@@H](C)[C@H]1CC[C@H]2[C@@H]3[C@H](OC(=O)Nc4ccccc4)C[C@@H]4C[C@H](N)CC[C@]4(C)[C@H]3C[C@H](OC(=O)Nc3ccccc3)[C@]12C. The van der Waals surface area contributed by atoms with E-state index in [4.69, 9.17) is 19.9 Å². The van der Waals surface area contributed by atoms with Crippen LogP contribution < -0.4 is 16.4 Å². The smallest absolute Gasteiger partial charge is 0.411 e. The van der Waals surface area contributed by atoms with E-state index in [9.17, 15) is 14.4 Å². The Morgan fingerprint density at radius 3 is 2.10 bits per heavy atom. The molecule has 4 saturated carbocycles. The summed E-state index contributed by atoms with van der Waals surface area (Å²) in [6.07, 6.45) is 5.81. The van der Waals surface area contributed by atoms with E-state index in [1.165, 1.54) is 7.11 Å². The zero-order chi connectivity index (χ0) is 34.1. The van der Waals surface area contributed by atoms with Gasteiger partial charge in [0.1, 0.15) is 12.2 Å². The summed E-state index contributed by atoms with van der Waals surface area (Å²) in [6, 6.07) is 19.0. The first-order valence-electron chi connectivity index (χ1n) is 17.9. The lowest BCUT2D eigenvalue weighted by Gasteiger charge is -2.64. The normalized spacial score (nSPS) is 35.9. The average Bonchev–Trinajstić information content (AvgIpc) is 3.43. The Balaban J connectivity index is 1.34. The Morgan fingerprint density at radius 2 is 1.48 bits per heavy atom. The number of hydrogen-bond acceptors (Lipinski definition) is 7. The van der Waals surface area contributed by atoms with Crippen LogP contribution in [0.5, 0.6) is 0 Å². The van der Waals surface area contributed by atoms with Gasteiger partial charge in [0.2, 0.25) is 0 Å². The van der Waals surface area contributed by atoms with Crippen molar-refractivity contribution in [3.63, 3.8) is 0 Å². The summed E-state index contributed by atoms with van der Waals surface area (Å²) in [5, 5.41) is 5.92. The molecule has 0 aliphatic heterocycles. The number of carbonyl (C=O) groups excluding carboxylic acids is 3. The minimum atomic E-state index is -0.448. The van der Waals surface area contributed by atoms with Crippen LogP contribution in [0.4, 0.5) is 21.0 Å².